The van der Waals surface area contributed by atoms with Crippen LogP contribution in [0, 0.1) is 0 Å². The average Bonchev–Trinajstić information content (AvgIpc) is 3.14. The minimum atomic E-state index is -0.879. The molecule has 7 nitrogen and oxygen atoms in total. The van der Waals surface area contributed by atoms with Gasteiger partial charge in [-0.05, 0) is 12.8 Å². The van der Waals surface area contributed by atoms with E-state index in [0.717, 1.165) is 18.7 Å². The van der Waals surface area contributed by atoms with Crippen molar-refractivity contribution in [1.29, 1.82) is 0 Å². The monoisotopic (exact) mass is 280 g/mol. The van der Waals surface area contributed by atoms with Crippen LogP contribution < -0.4 is 0 Å². The Kier molecular flexibility index (Phi) is 4.26. The minimum absolute atomic E-state index is 0.0154. The lowest BCUT2D eigenvalue weighted by Gasteiger charge is -2.27. The fourth-order valence-electron chi connectivity index (χ4n) is 2.08. The summed E-state index contributed by atoms with van der Waals surface area (Å²) in [5.41, 5.74) is 0. The van der Waals surface area contributed by atoms with Gasteiger partial charge in [-0.2, -0.15) is 0 Å². The van der Waals surface area contributed by atoms with Gasteiger partial charge in [0.05, 0.1) is 13.0 Å². The maximum atomic E-state index is 12.4. The fourth-order valence-corrected chi connectivity index (χ4v) is 2.08. The zero-order valence-corrected chi connectivity index (χ0v) is 11.8. The van der Waals surface area contributed by atoms with Gasteiger partial charge in [0.25, 0.3) is 0 Å². The number of imidazole rings is 1. The third-order valence-corrected chi connectivity index (χ3v) is 3.43. The Bertz CT molecular complexity index is 496. The van der Waals surface area contributed by atoms with Crippen LogP contribution in [0.4, 0.5) is 4.79 Å². The van der Waals surface area contributed by atoms with E-state index in [1.165, 1.54) is 0 Å². The number of aliphatic carboxylic acids is 1. The number of aryl methyl sites for hydroxylation is 1. The van der Waals surface area contributed by atoms with Gasteiger partial charge in [0, 0.05) is 39.1 Å². The van der Waals surface area contributed by atoms with Crippen molar-refractivity contribution in [2.75, 3.05) is 13.6 Å². The maximum Gasteiger partial charge on any atom is 0.320 e. The summed E-state index contributed by atoms with van der Waals surface area (Å²) < 4.78 is 1.86. The van der Waals surface area contributed by atoms with Crippen molar-refractivity contribution in [2.24, 2.45) is 7.05 Å². The van der Waals surface area contributed by atoms with Crippen molar-refractivity contribution < 1.29 is 14.7 Å². The van der Waals surface area contributed by atoms with Crippen molar-refractivity contribution in [3.63, 3.8) is 0 Å². The minimum Gasteiger partial charge on any atom is -0.481 e. The van der Waals surface area contributed by atoms with Crippen LogP contribution in [0.1, 0.15) is 25.1 Å². The maximum absolute atomic E-state index is 12.4. The Balaban J connectivity index is 1.96. The van der Waals surface area contributed by atoms with Gasteiger partial charge in [0.2, 0.25) is 0 Å². The van der Waals surface area contributed by atoms with Crippen LogP contribution in [0.5, 0.6) is 0 Å². The Hall–Kier alpha value is -2.05. The molecule has 110 valence electrons. The Labute approximate surface area is 117 Å². The molecule has 1 N–H and O–H groups in total. The number of carboxylic acids is 1. The molecule has 0 unspecified atom stereocenters. The zero-order chi connectivity index (χ0) is 14.7. The number of carbonyl (C=O) groups excluding carboxylic acids is 1. The number of aromatic nitrogens is 2. The van der Waals surface area contributed by atoms with Crippen LogP contribution in [0.3, 0.4) is 0 Å². The van der Waals surface area contributed by atoms with Crippen molar-refractivity contribution >= 4 is 12.0 Å². The molecule has 1 heterocycles. The highest BCUT2D eigenvalue weighted by atomic mass is 16.4. The van der Waals surface area contributed by atoms with Gasteiger partial charge in [-0.1, -0.05) is 0 Å². The van der Waals surface area contributed by atoms with Gasteiger partial charge in [-0.3, -0.25) is 4.79 Å². The molecule has 0 atom stereocenters. The molecule has 1 aromatic rings. The van der Waals surface area contributed by atoms with Crippen LogP contribution in [-0.2, 0) is 18.4 Å². The second-order valence-electron chi connectivity index (χ2n) is 5.16. The molecule has 2 amide bonds. The molecule has 2 rings (SSSR count). The van der Waals surface area contributed by atoms with E-state index in [4.69, 9.17) is 5.11 Å². The summed E-state index contributed by atoms with van der Waals surface area (Å²) >= 11 is 0. The number of hydrogen-bond donors (Lipinski definition) is 1. The summed E-state index contributed by atoms with van der Waals surface area (Å²) in [6.07, 6.45) is 5.43. The SMILES string of the molecule is CN(Cc1nccn1C)C(=O)N(CCC(=O)O)C1CC1. The van der Waals surface area contributed by atoms with E-state index >= 15 is 0 Å². The number of hydrogen-bond acceptors (Lipinski definition) is 3. The summed E-state index contributed by atoms with van der Waals surface area (Å²) in [6, 6.07) is 0.0717. The van der Waals surface area contributed by atoms with Crippen LogP contribution in [0.25, 0.3) is 0 Å². The normalized spacial score (nSPS) is 14.1. The van der Waals surface area contributed by atoms with Crippen molar-refractivity contribution in [1.82, 2.24) is 19.4 Å². The Morgan fingerprint density at radius 2 is 2.20 bits per heavy atom. The van der Waals surface area contributed by atoms with E-state index in [2.05, 4.69) is 4.98 Å². The summed E-state index contributed by atoms with van der Waals surface area (Å²) in [6.45, 7) is 0.683. The molecule has 0 spiro atoms. The first-order valence-electron chi connectivity index (χ1n) is 6.68. The smallest absolute Gasteiger partial charge is 0.320 e. The van der Waals surface area contributed by atoms with Gasteiger partial charge in [-0.15, -0.1) is 0 Å². The first-order chi connectivity index (χ1) is 9.49. The molecule has 1 fully saturated rings. The molecule has 0 bridgehead atoms. The van der Waals surface area contributed by atoms with Crippen molar-refractivity contribution in [3.8, 4) is 0 Å². The third kappa shape index (κ3) is 3.49. The number of nitrogens with zero attached hydrogens (tertiary/aromatic N) is 4. The highest BCUT2D eigenvalue weighted by Gasteiger charge is 2.34. The standard InChI is InChI=1S/C13H20N4O3/c1-15-8-6-14-11(15)9-16(2)13(20)17(10-3-4-10)7-5-12(18)19/h6,8,10H,3-5,7,9H2,1-2H3,(H,18,19). The van der Waals surface area contributed by atoms with Gasteiger partial charge >= 0.3 is 12.0 Å². The van der Waals surface area contributed by atoms with Gasteiger partial charge < -0.3 is 19.5 Å². The van der Waals surface area contributed by atoms with E-state index in [0.29, 0.717) is 6.54 Å². The van der Waals surface area contributed by atoms with Crippen LogP contribution in [0.2, 0.25) is 0 Å². The molecule has 7 heteroatoms. The first kappa shape index (κ1) is 14.4. The predicted octanol–water partition coefficient (Wildman–Crippen LogP) is 0.911. The second kappa shape index (κ2) is 5.94. The second-order valence-corrected chi connectivity index (χ2v) is 5.16. The van der Waals surface area contributed by atoms with E-state index < -0.39 is 5.97 Å². The summed E-state index contributed by atoms with van der Waals surface area (Å²) in [5, 5.41) is 8.76. The Morgan fingerprint density at radius 3 is 2.70 bits per heavy atom. The molecule has 0 aromatic carbocycles. The highest BCUT2D eigenvalue weighted by molar-refractivity contribution is 5.76. The Morgan fingerprint density at radius 1 is 1.50 bits per heavy atom. The van der Waals surface area contributed by atoms with Gasteiger partial charge in [0.15, 0.2) is 0 Å². The molecule has 0 radical (unpaired) electrons. The molecular formula is C13H20N4O3. The predicted molar refractivity (Wildman–Crippen MR) is 72.1 cm³/mol. The molecular weight excluding hydrogens is 260 g/mol. The van der Waals surface area contributed by atoms with Crippen molar-refractivity contribution in [2.45, 2.75) is 31.8 Å². The van der Waals surface area contributed by atoms with E-state index in [1.54, 1.807) is 23.0 Å². The van der Waals surface area contributed by atoms with Gasteiger partial charge in [0.1, 0.15) is 5.82 Å². The number of carboxylic acid groups (broad SMARTS) is 1. The first-order valence-corrected chi connectivity index (χ1v) is 6.68. The number of rotatable bonds is 6. The number of amides is 2. The quantitative estimate of drug-likeness (QED) is 0.840. The van der Waals surface area contributed by atoms with Gasteiger partial charge in [-0.25, -0.2) is 9.78 Å². The fraction of sp³-hybridized carbons (Fsp3) is 0.615. The molecule has 0 saturated heterocycles. The molecule has 1 aliphatic carbocycles. The molecule has 1 saturated carbocycles. The summed E-state index contributed by atoms with van der Waals surface area (Å²) in [7, 11) is 3.59. The lowest BCUT2D eigenvalue weighted by atomic mass is 10.3. The van der Waals surface area contributed by atoms with Crippen LogP contribution >= 0.6 is 0 Å². The molecule has 1 aliphatic rings. The van der Waals surface area contributed by atoms with Crippen LogP contribution in [0.15, 0.2) is 12.4 Å². The van der Waals surface area contributed by atoms with E-state index in [9.17, 15) is 9.59 Å². The zero-order valence-electron chi connectivity index (χ0n) is 11.8. The molecule has 1 aromatic heterocycles. The lowest BCUT2D eigenvalue weighted by Crippen LogP contribution is -2.43. The third-order valence-electron chi connectivity index (χ3n) is 3.43. The summed E-state index contributed by atoms with van der Waals surface area (Å²) in [4.78, 5) is 30.5. The van der Waals surface area contributed by atoms with Crippen LogP contribution in [-0.4, -0.2) is 56.1 Å². The molecule has 0 aliphatic heterocycles. The van der Waals surface area contributed by atoms with E-state index in [-0.39, 0.29) is 25.0 Å². The summed E-state index contributed by atoms with van der Waals surface area (Å²) in [5.74, 6) is -0.0787. The molecule has 20 heavy (non-hydrogen) atoms. The number of carbonyl (C=O) groups is 2. The topological polar surface area (TPSA) is 78.7 Å². The van der Waals surface area contributed by atoms with Crippen molar-refractivity contribution in [3.05, 3.63) is 18.2 Å². The largest absolute Gasteiger partial charge is 0.481 e. The lowest BCUT2D eigenvalue weighted by molar-refractivity contribution is -0.137. The number of urea groups is 1. The van der Waals surface area contributed by atoms with E-state index in [1.807, 2.05) is 17.8 Å². The highest BCUT2D eigenvalue weighted by Crippen LogP contribution is 2.28. The average molecular weight is 280 g/mol.